The first-order valence-corrected chi connectivity index (χ1v) is 8.77. The molecular formula is C20H23N5O2. The second-order valence-electron chi connectivity index (χ2n) is 6.67. The first-order chi connectivity index (χ1) is 13.0. The van der Waals surface area contributed by atoms with Gasteiger partial charge in [0.1, 0.15) is 6.04 Å². The Bertz CT molecular complexity index is 891. The van der Waals surface area contributed by atoms with Gasteiger partial charge in [0.2, 0.25) is 0 Å². The van der Waals surface area contributed by atoms with Gasteiger partial charge in [0.15, 0.2) is 5.82 Å². The molecule has 0 bridgehead atoms. The molecular weight excluding hydrogens is 342 g/mol. The van der Waals surface area contributed by atoms with E-state index in [1.165, 1.54) is 7.11 Å². The number of benzene rings is 2. The summed E-state index contributed by atoms with van der Waals surface area (Å²) in [5, 5.41) is 14.1. The van der Waals surface area contributed by atoms with Crippen molar-refractivity contribution < 1.29 is 9.53 Å². The quantitative estimate of drug-likeness (QED) is 0.676. The number of hydrogen-bond donors (Lipinski definition) is 1. The van der Waals surface area contributed by atoms with E-state index in [0.29, 0.717) is 5.82 Å². The minimum atomic E-state index is -0.339. The number of anilines is 1. The van der Waals surface area contributed by atoms with Crippen molar-refractivity contribution >= 4 is 11.7 Å². The molecule has 0 fully saturated rings. The molecule has 7 heteroatoms. The SMILES string of the molecule is COC(=O)[C@H](C(C)C)N(C)c1ccc(-c2ccccc2-c2nnn[nH]2)cc1. The molecule has 1 aromatic heterocycles. The summed E-state index contributed by atoms with van der Waals surface area (Å²) in [6, 6.07) is 15.7. The minimum absolute atomic E-state index is 0.127. The van der Waals surface area contributed by atoms with Gasteiger partial charge in [0, 0.05) is 18.3 Å². The zero-order valence-corrected chi connectivity index (χ0v) is 15.9. The molecule has 1 N–H and O–H groups in total. The zero-order chi connectivity index (χ0) is 19.4. The van der Waals surface area contributed by atoms with Crippen LogP contribution in [0.2, 0.25) is 0 Å². The molecule has 0 aliphatic rings. The summed E-state index contributed by atoms with van der Waals surface area (Å²) in [5.41, 5.74) is 3.94. The lowest BCUT2D eigenvalue weighted by Gasteiger charge is -2.30. The van der Waals surface area contributed by atoms with Crippen molar-refractivity contribution in [1.82, 2.24) is 20.6 Å². The number of carbonyl (C=O) groups is 1. The molecule has 0 saturated heterocycles. The lowest BCUT2D eigenvalue weighted by Crippen LogP contribution is -2.43. The number of H-pyrrole nitrogens is 1. The highest BCUT2D eigenvalue weighted by Gasteiger charge is 2.27. The molecule has 3 aromatic rings. The number of likely N-dealkylation sites (N-methyl/N-ethyl adjacent to an activating group) is 1. The largest absolute Gasteiger partial charge is 0.467 e. The molecule has 0 aliphatic heterocycles. The number of nitrogens with zero attached hydrogens (tertiary/aromatic N) is 4. The summed E-state index contributed by atoms with van der Waals surface area (Å²) in [6.07, 6.45) is 0. The van der Waals surface area contributed by atoms with Gasteiger partial charge in [-0.2, -0.15) is 0 Å². The first kappa shape index (κ1) is 18.6. The summed E-state index contributed by atoms with van der Waals surface area (Å²) in [5.74, 6) is 0.513. The highest BCUT2D eigenvalue weighted by Crippen LogP contribution is 2.31. The molecule has 7 nitrogen and oxygen atoms in total. The second-order valence-corrected chi connectivity index (χ2v) is 6.67. The Morgan fingerprint density at radius 3 is 2.30 bits per heavy atom. The Hall–Kier alpha value is -3.22. The fraction of sp³-hybridized carbons (Fsp3) is 0.300. The molecule has 0 saturated carbocycles. The van der Waals surface area contributed by atoms with Crippen molar-refractivity contribution in [3.63, 3.8) is 0 Å². The van der Waals surface area contributed by atoms with Crippen LogP contribution in [0.5, 0.6) is 0 Å². The Balaban J connectivity index is 1.92. The van der Waals surface area contributed by atoms with Crippen molar-refractivity contribution in [2.45, 2.75) is 19.9 Å². The molecule has 3 rings (SSSR count). The van der Waals surface area contributed by atoms with E-state index in [2.05, 4.69) is 20.6 Å². The van der Waals surface area contributed by atoms with Crippen LogP contribution < -0.4 is 4.90 Å². The van der Waals surface area contributed by atoms with Crippen LogP contribution in [0.1, 0.15) is 13.8 Å². The number of hydrogen-bond acceptors (Lipinski definition) is 6. The molecule has 140 valence electrons. The topological polar surface area (TPSA) is 84.0 Å². The predicted octanol–water partition coefficient (Wildman–Crippen LogP) is 3.17. The highest BCUT2D eigenvalue weighted by molar-refractivity contribution is 5.82. The van der Waals surface area contributed by atoms with Gasteiger partial charge >= 0.3 is 5.97 Å². The van der Waals surface area contributed by atoms with E-state index >= 15 is 0 Å². The molecule has 0 unspecified atom stereocenters. The van der Waals surface area contributed by atoms with Crippen LogP contribution in [0.15, 0.2) is 48.5 Å². The lowest BCUT2D eigenvalue weighted by atomic mass is 9.98. The summed E-state index contributed by atoms with van der Waals surface area (Å²) >= 11 is 0. The Morgan fingerprint density at radius 2 is 1.74 bits per heavy atom. The maximum atomic E-state index is 12.1. The maximum Gasteiger partial charge on any atom is 0.328 e. The van der Waals surface area contributed by atoms with Crippen LogP contribution >= 0.6 is 0 Å². The fourth-order valence-electron chi connectivity index (χ4n) is 3.25. The van der Waals surface area contributed by atoms with Crippen LogP contribution in [0.3, 0.4) is 0 Å². The summed E-state index contributed by atoms with van der Waals surface area (Å²) in [4.78, 5) is 14.1. The van der Waals surface area contributed by atoms with E-state index in [4.69, 9.17) is 4.74 Å². The number of ether oxygens (including phenoxy) is 1. The molecule has 2 aromatic carbocycles. The molecule has 0 amide bonds. The Morgan fingerprint density at radius 1 is 1.07 bits per heavy atom. The van der Waals surface area contributed by atoms with Crippen LogP contribution in [-0.4, -0.2) is 46.8 Å². The van der Waals surface area contributed by atoms with Gasteiger partial charge in [-0.25, -0.2) is 9.89 Å². The van der Waals surface area contributed by atoms with E-state index in [-0.39, 0.29) is 17.9 Å². The van der Waals surface area contributed by atoms with Crippen molar-refractivity contribution in [3.8, 4) is 22.5 Å². The third-order valence-corrected chi connectivity index (χ3v) is 4.60. The third-order valence-electron chi connectivity index (χ3n) is 4.60. The van der Waals surface area contributed by atoms with Gasteiger partial charge in [0.25, 0.3) is 0 Å². The van der Waals surface area contributed by atoms with Crippen LogP contribution in [0.4, 0.5) is 5.69 Å². The summed E-state index contributed by atoms with van der Waals surface area (Å²) in [7, 11) is 3.33. The number of methoxy groups -OCH3 is 1. The van der Waals surface area contributed by atoms with E-state index < -0.39 is 0 Å². The van der Waals surface area contributed by atoms with Gasteiger partial charge in [-0.05, 0) is 39.6 Å². The number of tetrazole rings is 1. The number of rotatable bonds is 6. The highest BCUT2D eigenvalue weighted by atomic mass is 16.5. The average Bonchev–Trinajstić information content (AvgIpc) is 3.22. The summed E-state index contributed by atoms with van der Waals surface area (Å²) in [6.45, 7) is 4.02. The smallest absolute Gasteiger partial charge is 0.328 e. The van der Waals surface area contributed by atoms with Crippen LogP contribution in [0, 0.1) is 5.92 Å². The molecule has 27 heavy (non-hydrogen) atoms. The number of aromatic amines is 1. The maximum absolute atomic E-state index is 12.1. The molecule has 1 heterocycles. The molecule has 0 aliphatic carbocycles. The van der Waals surface area contributed by atoms with E-state index in [0.717, 1.165) is 22.4 Å². The van der Waals surface area contributed by atoms with Crippen molar-refractivity contribution in [1.29, 1.82) is 0 Å². The van der Waals surface area contributed by atoms with Crippen molar-refractivity contribution in [2.75, 3.05) is 19.1 Å². The van der Waals surface area contributed by atoms with Crippen LogP contribution in [0.25, 0.3) is 22.5 Å². The predicted molar refractivity (Wildman–Crippen MR) is 104 cm³/mol. The Labute approximate surface area is 158 Å². The standard InChI is InChI=1S/C20H23N5O2/c1-13(2)18(20(26)27-4)25(3)15-11-9-14(10-12-15)16-7-5-6-8-17(16)19-21-23-24-22-19/h5-13,18H,1-4H3,(H,21,22,23,24)/t18-/m0/s1. The average molecular weight is 365 g/mol. The molecule has 0 spiro atoms. The number of carbonyl (C=O) groups excluding carboxylic acids is 1. The number of nitrogens with one attached hydrogen (secondary N) is 1. The zero-order valence-electron chi connectivity index (χ0n) is 15.9. The van der Waals surface area contributed by atoms with Crippen LogP contribution in [-0.2, 0) is 9.53 Å². The fourth-order valence-corrected chi connectivity index (χ4v) is 3.25. The number of esters is 1. The third kappa shape index (κ3) is 3.81. The molecule has 1 atom stereocenters. The van der Waals surface area contributed by atoms with Crippen molar-refractivity contribution in [2.24, 2.45) is 5.92 Å². The van der Waals surface area contributed by atoms with E-state index in [1.807, 2.05) is 74.3 Å². The van der Waals surface area contributed by atoms with Gasteiger partial charge in [-0.3, -0.25) is 0 Å². The van der Waals surface area contributed by atoms with Gasteiger partial charge in [-0.1, -0.05) is 50.2 Å². The monoisotopic (exact) mass is 365 g/mol. The molecule has 0 radical (unpaired) electrons. The lowest BCUT2D eigenvalue weighted by molar-refractivity contribution is -0.143. The summed E-state index contributed by atoms with van der Waals surface area (Å²) < 4.78 is 4.96. The van der Waals surface area contributed by atoms with Gasteiger partial charge in [0.05, 0.1) is 7.11 Å². The normalized spacial score (nSPS) is 12.0. The van der Waals surface area contributed by atoms with E-state index in [9.17, 15) is 4.79 Å². The van der Waals surface area contributed by atoms with Crippen molar-refractivity contribution in [3.05, 3.63) is 48.5 Å². The minimum Gasteiger partial charge on any atom is -0.467 e. The van der Waals surface area contributed by atoms with Gasteiger partial charge < -0.3 is 9.64 Å². The first-order valence-electron chi connectivity index (χ1n) is 8.77. The number of aromatic nitrogens is 4. The van der Waals surface area contributed by atoms with Gasteiger partial charge in [-0.15, -0.1) is 5.10 Å². The van der Waals surface area contributed by atoms with E-state index in [1.54, 1.807) is 0 Å². The Kier molecular flexibility index (Phi) is 5.49. The second kappa shape index (κ2) is 7.99.